The van der Waals surface area contributed by atoms with Crippen LogP contribution in [0.1, 0.15) is 50.0 Å². The standard InChI is InChI=1S/C16H24N2O3/c1-11-7-4-5-8-13(11)17-15(19)12(2)21-16(20)14-9-6-10-18(14)3/h6,9-13H,4-5,7-8H2,1-3H3,(H,17,19)/t11-,12-,13-/m1/s1. The summed E-state index contributed by atoms with van der Waals surface area (Å²) in [6.07, 6.45) is 5.51. The Balaban J connectivity index is 1.87. The summed E-state index contributed by atoms with van der Waals surface area (Å²) in [5.74, 6) is -0.198. The third-order valence-corrected chi connectivity index (χ3v) is 4.25. The number of hydrogen-bond donors (Lipinski definition) is 1. The first kappa shape index (κ1) is 15.6. The highest BCUT2D eigenvalue weighted by molar-refractivity contribution is 5.91. The van der Waals surface area contributed by atoms with E-state index < -0.39 is 12.1 Å². The lowest BCUT2D eigenvalue weighted by Gasteiger charge is -2.30. The van der Waals surface area contributed by atoms with Crippen molar-refractivity contribution in [2.75, 3.05) is 0 Å². The zero-order valence-electron chi connectivity index (χ0n) is 13.0. The van der Waals surface area contributed by atoms with Gasteiger partial charge in [-0.25, -0.2) is 4.79 Å². The summed E-state index contributed by atoms with van der Waals surface area (Å²) >= 11 is 0. The van der Waals surface area contributed by atoms with Gasteiger partial charge in [-0.15, -0.1) is 0 Å². The van der Waals surface area contributed by atoms with Crippen LogP contribution in [0.4, 0.5) is 0 Å². The predicted molar refractivity (Wildman–Crippen MR) is 79.9 cm³/mol. The molecule has 0 saturated heterocycles. The molecule has 5 nitrogen and oxygen atoms in total. The number of aromatic nitrogens is 1. The van der Waals surface area contributed by atoms with E-state index in [-0.39, 0.29) is 11.9 Å². The molecule has 21 heavy (non-hydrogen) atoms. The smallest absolute Gasteiger partial charge is 0.355 e. The van der Waals surface area contributed by atoms with Gasteiger partial charge >= 0.3 is 5.97 Å². The van der Waals surface area contributed by atoms with Crippen molar-refractivity contribution in [2.24, 2.45) is 13.0 Å². The number of aryl methyl sites for hydroxylation is 1. The Kier molecular flexibility index (Phi) is 5.04. The van der Waals surface area contributed by atoms with Crippen molar-refractivity contribution in [3.63, 3.8) is 0 Å². The average molecular weight is 292 g/mol. The second-order valence-electron chi connectivity index (χ2n) is 5.93. The zero-order valence-corrected chi connectivity index (χ0v) is 13.0. The second kappa shape index (κ2) is 6.78. The van der Waals surface area contributed by atoms with Crippen molar-refractivity contribution in [1.29, 1.82) is 0 Å². The minimum Gasteiger partial charge on any atom is -0.448 e. The number of hydrogen-bond acceptors (Lipinski definition) is 3. The molecule has 1 saturated carbocycles. The average Bonchev–Trinajstić information content (AvgIpc) is 2.87. The van der Waals surface area contributed by atoms with Crippen LogP contribution in [0.2, 0.25) is 0 Å². The third kappa shape index (κ3) is 3.86. The summed E-state index contributed by atoms with van der Waals surface area (Å²) in [6.45, 7) is 3.77. The van der Waals surface area contributed by atoms with E-state index in [1.165, 1.54) is 6.42 Å². The molecule has 1 aromatic heterocycles. The van der Waals surface area contributed by atoms with Gasteiger partial charge in [-0.1, -0.05) is 19.8 Å². The summed E-state index contributed by atoms with van der Waals surface area (Å²) in [5.41, 5.74) is 0.445. The predicted octanol–water partition coefficient (Wildman–Crippen LogP) is 2.27. The second-order valence-corrected chi connectivity index (χ2v) is 5.93. The van der Waals surface area contributed by atoms with Crippen LogP contribution in [0.5, 0.6) is 0 Å². The number of carbonyl (C=O) groups is 2. The first-order valence-corrected chi connectivity index (χ1v) is 7.61. The Morgan fingerprint density at radius 1 is 1.38 bits per heavy atom. The molecule has 0 bridgehead atoms. The lowest BCUT2D eigenvalue weighted by Crippen LogP contribution is -2.46. The SMILES string of the molecule is C[C@@H]1CCCC[C@H]1NC(=O)[C@@H](C)OC(=O)c1cccn1C. The molecule has 2 rings (SSSR count). The van der Waals surface area contributed by atoms with Crippen LogP contribution in [0, 0.1) is 5.92 Å². The first-order valence-electron chi connectivity index (χ1n) is 7.61. The Morgan fingerprint density at radius 2 is 2.10 bits per heavy atom. The van der Waals surface area contributed by atoms with Crippen molar-refractivity contribution >= 4 is 11.9 Å². The number of esters is 1. The molecule has 0 radical (unpaired) electrons. The van der Waals surface area contributed by atoms with Gasteiger partial charge in [-0.2, -0.15) is 0 Å². The quantitative estimate of drug-likeness (QED) is 0.866. The molecule has 1 aromatic rings. The summed E-state index contributed by atoms with van der Waals surface area (Å²) in [5, 5.41) is 3.01. The van der Waals surface area contributed by atoms with Gasteiger partial charge in [0.15, 0.2) is 6.10 Å². The van der Waals surface area contributed by atoms with Crippen LogP contribution >= 0.6 is 0 Å². The molecular weight excluding hydrogens is 268 g/mol. The molecular formula is C16H24N2O3. The van der Waals surface area contributed by atoms with Crippen LogP contribution in [0.15, 0.2) is 18.3 Å². The van der Waals surface area contributed by atoms with Gasteiger partial charge in [0.25, 0.3) is 5.91 Å². The van der Waals surface area contributed by atoms with E-state index in [1.807, 2.05) is 0 Å². The van der Waals surface area contributed by atoms with Crippen LogP contribution in [-0.4, -0.2) is 28.6 Å². The number of carbonyl (C=O) groups excluding carboxylic acids is 2. The number of nitrogens with zero attached hydrogens (tertiary/aromatic N) is 1. The fourth-order valence-corrected chi connectivity index (χ4v) is 2.78. The molecule has 1 N–H and O–H groups in total. The van der Waals surface area contributed by atoms with Gasteiger partial charge in [0, 0.05) is 19.3 Å². The van der Waals surface area contributed by atoms with Crippen LogP contribution < -0.4 is 5.32 Å². The van der Waals surface area contributed by atoms with Gasteiger partial charge in [-0.3, -0.25) is 4.79 Å². The van der Waals surface area contributed by atoms with E-state index in [9.17, 15) is 9.59 Å². The van der Waals surface area contributed by atoms with Gasteiger partial charge in [0.05, 0.1) is 0 Å². The molecule has 0 unspecified atom stereocenters. The largest absolute Gasteiger partial charge is 0.448 e. The van der Waals surface area contributed by atoms with Crippen molar-refractivity contribution < 1.29 is 14.3 Å². The first-order chi connectivity index (χ1) is 9.99. The fraction of sp³-hybridized carbons (Fsp3) is 0.625. The number of nitrogens with one attached hydrogen (secondary N) is 1. The van der Waals surface area contributed by atoms with Crippen molar-refractivity contribution in [1.82, 2.24) is 9.88 Å². The summed E-state index contributed by atoms with van der Waals surface area (Å²) in [4.78, 5) is 24.1. The molecule has 1 amide bonds. The molecule has 1 fully saturated rings. The molecule has 3 atom stereocenters. The normalized spacial score (nSPS) is 23.4. The van der Waals surface area contributed by atoms with Crippen LogP contribution in [0.25, 0.3) is 0 Å². The number of amides is 1. The maximum atomic E-state index is 12.2. The summed E-state index contributed by atoms with van der Waals surface area (Å²) in [7, 11) is 1.77. The fourth-order valence-electron chi connectivity index (χ4n) is 2.78. The maximum Gasteiger partial charge on any atom is 0.355 e. The van der Waals surface area contributed by atoms with Gasteiger partial charge in [0.2, 0.25) is 0 Å². The molecule has 1 heterocycles. The monoisotopic (exact) mass is 292 g/mol. The van der Waals surface area contributed by atoms with Crippen LogP contribution in [0.3, 0.4) is 0 Å². The lowest BCUT2D eigenvalue weighted by atomic mass is 9.86. The molecule has 5 heteroatoms. The zero-order chi connectivity index (χ0) is 15.4. The minimum atomic E-state index is -0.776. The van der Waals surface area contributed by atoms with E-state index in [0.29, 0.717) is 11.6 Å². The number of rotatable bonds is 4. The van der Waals surface area contributed by atoms with E-state index in [1.54, 1.807) is 36.9 Å². The molecule has 116 valence electrons. The van der Waals surface area contributed by atoms with Gasteiger partial charge in [-0.05, 0) is 37.8 Å². The lowest BCUT2D eigenvalue weighted by molar-refractivity contribution is -0.130. The van der Waals surface area contributed by atoms with E-state index in [2.05, 4.69) is 12.2 Å². The highest BCUT2D eigenvalue weighted by atomic mass is 16.5. The van der Waals surface area contributed by atoms with E-state index in [0.717, 1.165) is 19.3 Å². The molecule has 0 aromatic carbocycles. The van der Waals surface area contributed by atoms with Crippen molar-refractivity contribution in [2.45, 2.75) is 51.7 Å². The summed E-state index contributed by atoms with van der Waals surface area (Å²) < 4.78 is 6.92. The third-order valence-electron chi connectivity index (χ3n) is 4.25. The molecule has 0 aliphatic heterocycles. The van der Waals surface area contributed by atoms with Crippen LogP contribution in [-0.2, 0) is 16.6 Å². The van der Waals surface area contributed by atoms with Crippen molar-refractivity contribution in [3.8, 4) is 0 Å². The summed E-state index contributed by atoms with van der Waals surface area (Å²) in [6, 6.07) is 3.64. The van der Waals surface area contributed by atoms with E-state index in [4.69, 9.17) is 4.74 Å². The Bertz CT molecular complexity index is 509. The molecule has 0 spiro atoms. The number of ether oxygens (including phenoxy) is 1. The Hall–Kier alpha value is -1.78. The molecule has 1 aliphatic carbocycles. The maximum absolute atomic E-state index is 12.2. The Labute approximate surface area is 125 Å². The minimum absolute atomic E-state index is 0.197. The Morgan fingerprint density at radius 3 is 2.71 bits per heavy atom. The van der Waals surface area contributed by atoms with Gasteiger partial charge < -0.3 is 14.6 Å². The topological polar surface area (TPSA) is 60.3 Å². The van der Waals surface area contributed by atoms with E-state index >= 15 is 0 Å². The highest BCUT2D eigenvalue weighted by Gasteiger charge is 2.26. The highest BCUT2D eigenvalue weighted by Crippen LogP contribution is 2.23. The van der Waals surface area contributed by atoms with Gasteiger partial charge in [0.1, 0.15) is 5.69 Å². The van der Waals surface area contributed by atoms with Crippen molar-refractivity contribution in [3.05, 3.63) is 24.0 Å². The molecule has 1 aliphatic rings.